The summed E-state index contributed by atoms with van der Waals surface area (Å²) < 4.78 is 38.4. The fourth-order valence-electron chi connectivity index (χ4n) is 2.66. The average molecular weight is 408 g/mol. The van der Waals surface area contributed by atoms with Crippen LogP contribution in [-0.2, 0) is 16.4 Å². The maximum Gasteiger partial charge on any atom is 0.335 e. The lowest BCUT2D eigenvalue weighted by atomic mass is 10.1. The van der Waals surface area contributed by atoms with Gasteiger partial charge in [0.1, 0.15) is 4.90 Å². The number of aromatic carboxylic acids is 1. The molecule has 2 aromatic carbocycles. The van der Waals surface area contributed by atoms with Gasteiger partial charge in [0.25, 0.3) is 0 Å². The molecular weight excluding hydrogens is 384 g/mol. The number of hydrogen-bond acceptors (Lipinski definition) is 6. The Kier molecular flexibility index (Phi) is 7.24. The summed E-state index contributed by atoms with van der Waals surface area (Å²) in [5, 5.41) is 12.1. The first kappa shape index (κ1) is 21.5. The SMILES string of the molecule is CCNc1ccc(C(=O)O)cc1S(=O)(=O)NCCc1ccc(OC)c(OC)c1. The molecule has 0 saturated heterocycles. The van der Waals surface area contributed by atoms with Crippen LogP contribution in [0.1, 0.15) is 22.8 Å². The molecule has 0 bridgehead atoms. The highest BCUT2D eigenvalue weighted by Crippen LogP contribution is 2.28. The minimum atomic E-state index is -3.90. The van der Waals surface area contributed by atoms with Crippen LogP contribution in [0.15, 0.2) is 41.3 Å². The molecule has 0 aliphatic rings. The van der Waals surface area contributed by atoms with Crippen molar-refractivity contribution in [2.45, 2.75) is 18.2 Å². The van der Waals surface area contributed by atoms with Crippen LogP contribution in [0.3, 0.4) is 0 Å². The van der Waals surface area contributed by atoms with Crippen molar-refractivity contribution in [1.29, 1.82) is 0 Å². The maximum absolute atomic E-state index is 12.7. The maximum atomic E-state index is 12.7. The number of rotatable bonds is 10. The van der Waals surface area contributed by atoms with Crippen molar-refractivity contribution in [2.75, 3.05) is 32.6 Å². The van der Waals surface area contributed by atoms with Crippen molar-refractivity contribution in [2.24, 2.45) is 0 Å². The van der Waals surface area contributed by atoms with E-state index < -0.39 is 16.0 Å². The second-order valence-corrected chi connectivity index (χ2v) is 7.62. The second kappa shape index (κ2) is 9.43. The molecule has 2 aromatic rings. The van der Waals surface area contributed by atoms with E-state index in [9.17, 15) is 13.2 Å². The number of nitrogens with one attached hydrogen (secondary N) is 2. The first-order valence-electron chi connectivity index (χ1n) is 8.64. The zero-order valence-electron chi connectivity index (χ0n) is 16.0. The lowest BCUT2D eigenvalue weighted by molar-refractivity contribution is 0.0696. The van der Waals surface area contributed by atoms with E-state index in [-0.39, 0.29) is 17.0 Å². The van der Waals surface area contributed by atoms with Crippen molar-refractivity contribution in [3.63, 3.8) is 0 Å². The normalized spacial score (nSPS) is 11.1. The van der Waals surface area contributed by atoms with Gasteiger partial charge in [0.2, 0.25) is 10.0 Å². The molecule has 0 aromatic heterocycles. The number of carbonyl (C=O) groups is 1. The standard InChI is InChI=1S/C19H24N2O6S/c1-4-20-15-7-6-14(19(22)23)12-18(15)28(24,25)21-10-9-13-5-8-16(26-2)17(11-13)27-3/h5-8,11-12,20-21H,4,9-10H2,1-3H3,(H,22,23). The van der Waals surface area contributed by atoms with Crippen LogP contribution >= 0.6 is 0 Å². The molecule has 0 amide bonds. The molecule has 9 heteroatoms. The molecule has 0 heterocycles. The van der Waals surface area contributed by atoms with Crippen molar-refractivity contribution in [3.8, 4) is 11.5 Å². The van der Waals surface area contributed by atoms with E-state index in [0.29, 0.717) is 30.2 Å². The predicted octanol–water partition coefficient (Wildman–Crippen LogP) is 2.35. The summed E-state index contributed by atoms with van der Waals surface area (Å²) in [7, 11) is -0.829. The largest absolute Gasteiger partial charge is 0.493 e. The highest BCUT2D eigenvalue weighted by molar-refractivity contribution is 7.89. The van der Waals surface area contributed by atoms with Crippen LogP contribution in [0.25, 0.3) is 0 Å². The molecule has 152 valence electrons. The van der Waals surface area contributed by atoms with Gasteiger partial charge in [-0.2, -0.15) is 0 Å². The van der Waals surface area contributed by atoms with E-state index >= 15 is 0 Å². The van der Waals surface area contributed by atoms with E-state index in [1.54, 1.807) is 19.2 Å². The third-order valence-electron chi connectivity index (χ3n) is 4.04. The van der Waals surface area contributed by atoms with Crippen LogP contribution in [0.2, 0.25) is 0 Å². The van der Waals surface area contributed by atoms with Crippen LogP contribution in [0, 0.1) is 0 Å². The van der Waals surface area contributed by atoms with Crippen LogP contribution in [0.4, 0.5) is 5.69 Å². The highest BCUT2D eigenvalue weighted by Gasteiger charge is 2.20. The van der Waals surface area contributed by atoms with Gasteiger partial charge in [-0.15, -0.1) is 0 Å². The van der Waals surface area contributed by atoms with Gasteiger partial charge in [-0.25, -0.2) is 17.9 Å². The van der Waals surface area contributed by atoms with Gasteiger partial charge in [0.15, 0.2) is 11.5 Å². The summed E-state index contributed by atoms with van der Waals surface area (Å²) in [4.78, 5) is 11.1. The summed E-state index contributed by atoms with van der Waals surface area (Å²) >= 11 is 0. The number of ether oxygens (including phenoxy) is 2. The Balaban J connectivity index is 2.17. The number of sulfonamides is 1. The Labute approximate surface area is 164 Å². The second-order valence-electron chi connectivity index (χ2n) is 5.88. The molecule has 28 heavy (non-hydrogen) atoms. The monoisotopic (exact) mass is 408 g/mol. The average Bonchev–Trinajstić information content (AvgIpc) is 2.68. The number of anilines is 1. The minimum absolute atomic E-state index is 0.0954. The molecule has 0 aliphatic carbocycles. The Hall–Kier alpha value is -2.78. The molecule has 0 atom stereocenters. The van der Waals surface area contributed by atoms with E-state index in [1.165, 1.54) is 19.2 Å². The van der Waals surface area contributed by atoms with Gasteiger partial charge in [0, 0.05) is 13.1 Å². The lowest BCUT2D eigenvalue weighted by Gasteiger charge is -2.14. The van der Waals surface area contributed by atoms with Crippen LogP contribution < -0.4 is 19.5 Å². The Morgan fingerprint density at radius 2 is 1.79 bits per heavy atom. The Morgan fingerprint density at radius 1 is 1.07 bits per heavy atom. The van der Waals surface area contributed by atoms with Crippen molar-refractivity contribution in [3.05, 3.63) is 47.5 Å². The summed E-state index contributed by atoms with van der Waals surface area (Å²) in [6.45, 7) is 2.47. The fourth-order valence-corrected chi connectivity index (χ4v) is 3.90. The zero-order valence-corrected chi connectivity index (χ0v) is 16.8. The van der Waals surface area contributed by atoms with Gasteiger partial charge in [-0.1, -0.05) is 6.07 Å². The summed E-state index contributed by atoms with van der Waals surface area (Å²) in [5.41, 5.74) is 1.12. The molecule has 0 unspecified atom stereocenters. The number of carboxylic acid groups (broad SMARTS) is 1. The molecule has 2 rings (SSSR count). The van der Waals surface area contributed by atoms with Crippen molar-refractivity contribution in [1.82, 2.24) is 4.72 Å². The van der Waals surface area contributed by atoms with Gasteiger partial charge in [0.05, 0.1) is 25.5 Å². The van der Waals surface area contributed by atoms with Gasteiger partial charge in [-0.05, 0) is 49.2 Å². The predicted molar refractivity (Wildman–Crippen MR) is 106 cm³/mol. The zero-order chi connectivity index (χ0) is 20.7. The summed E-state index contributed by atoms with van der Waals surface area (Å²) in [5.74, 6) is -0.0381. The molecule has 8 nitrogen and oxygen atoms in total. The number of benzene rings is 2. The number of hydrogen-bond donors (Lipinski definition) is 3. The summed E-state index contributed by atoms with van der Waals surface area (Å²) in [6, 6.07) is 9.33. The topological polar surface area (TPSA) is 114 Å². The fraction of sp³-hybridized carbons (Fsp3) is 0.316. The van der Waals surface area contributed by atoms with Gasteiger partial charge >= 0.3 is 5.97 Å². The molecule has 0 aliphatic heterocycles. The van der Waals surface area contributed by atoms with E-state index in [4.69, 9.17) is 14.6 Å². The van der Waals surface area contributed by atoms with E-state index in [2.05, 4.69) is 10.0 Å². The Morgan fingerprint density at radius 3 is 2.39 bits per heavy atom. The van der Waals surface area contributed by atoms with E-state index in [1.807, 2.05) is 13.0 Å². The molecule has 3 N–H and O–H groups in total. The quantitative estimate of drug-likeness (QED) is 0.553. The third-order valence-corrected chi connectivity index (χ3v) is 5.54. The van der Waals surface area contributed by atoms with Crippen molar-refractivity contribution < 1.29 is 27.8 Å². The first-order valence-corrected chi connectivity index (χ1v) is 10.1. The number of carboxylic acids is 1. The van der Waals surface area contributed by atoms with Crippen molar-refractivity contribution >= 4 is 21.7 Å². The smallest absolute Gasteiger partial charge is 0.335 e. The molecule has 0 spiro atoms. The molecular formula is C19H24N2O6S. The van der Waals surface area contributed by atoms with Gasteiger partial charge in [-0.3, -0.25) is 0 Å². The molecule has 0 saturated carbocycles. The minimum Gasteiger partial charge on any atom is -0.493 e. The van der Waals surface area contributed by atoms with Crippen LogP contribution in [-0.4, -0.2) is 46.8 Å². The molecule has 0 fully saturated rings. The van der Waals surface area contributed by atoms with Crippen LogP contribution in [0.5, 0.6) is 11.5 Å². The first-order chi connectivity index (χ1) is 13.3. The third kappa shape index (κ3) is 5.14. The summed E-state index contributed by atoms with van der Waals surface area (Å²) in [6.07, 6.45) is 0.425. The lowest BCUT2D eigenvalue weighted by Crippen LogP contribution is -2.27. The highest BCUT2D eigenvalue weighted by atomic mass is 32.2. The van der Waals surface area contributed by atoms with E-state index in [0.717, 1.165) is 11.6 Å². The Bertz CT molecular complexity index is 943. The van der Waals surface area contributed by atoms with Gasteiger partial charge < -0.3 is 19.9 Å². The molecule has 0 radical (unpaired) electrons. The number of methoxy groups -OCH3 is 2.